The minimum absolute atomic E-state index is 0.0719. The fourth-order valence-electron chi connectivity index (χ4n) is 1.23. The highest BCUT2D eigenvalue weighted by atomic mass is 16.5. The molecule has 0 atom stereocenters. The summed E-state index contributed by atoms with van der Waals surface area (Å²) in [4.78, 5) is 11.3. The van der Waals surface area contributed by atoms with Gasteiger partial charge in [-0.2, -0.15) is 0 Å². The standard InChI is InChI=1S/C13H16O2/c1-10(2)15-13(14)9-11(3)12-7-5-4-6-8-12/h4-10H,1-3H3/b11-9+. The Balaban J connectivity index is 2.72. The molecule has 2 heteroatoms. The van der Waals surface area contributed by atoms with Gasteiger partial charge >= 0.3 is 5.97 Å². The lowest BCUT2D eigenvalue weighted by molar-refractivity contribution is -0.141. The van der Waals surface area contributed by atoms with E-state index >= 15 is 0 Å². The molecule has 0 saturated heterocycles. The van der Waals surface area contributed by atoms with Crippen LogP contribution in [0.15, 0.2) is 36.4 Å². The Morgan fingerprint density at radius 1 is 1.27 bits per heavy atom. The van der Waals surface area contributed by atoms with Crippen LogP contribution in [-0.4, -0.2) is 12.1 Å². The molecule has 0 unspecified atom stereocenters. The number of allylic oxidation sites excluding steroid dienone is 1. The SMILES string of the molecule is C/C(=C\C(=O)OC(C)C)c1ccccc1. The zero-order chi connectivity index (χ0) is 11.3. The van der Waals surface area contributed by atoms with Gasteiger partial charge in [-0.15, -0.1) is 0 Å². The van der Waals surface area contributed by atoms with Crippen LogP contribution in [0.4, 0.5) is 0 Å². The van der Waals surface area contributed by atoms with Crippen LogP contribution in [0.25, 0.3) is 5.57 Å². The smallest absolute Gasteiger partial charge is 0.331 e. The van der Waals surface area contributed by atoms with Crippen LogP contribution in [0.2, 0.25) is 0 Å². The lowest BCUT2D eigenvalue weighted by Gasteiger charge is -2.06. The summed E-state index contributed by atoms with van der Waals surface area (Å²) in [5, 5.41) is 0. The highest BCUT2D eigenvalue weighted by Gasteiger charge is 2.03. The minimum Gasteiger partial charge on any atom is -0.460 e. The van der Waals surface area contributed by atoms with Gasteiger partial charge in [0.1, 0.15) is 0 Å². The van der Waals surface area contributed by atoms with E-state index in [0.29, 0.717) is 0 Å². The molecule has 0 spiro atoms. The van der Waals surface area contributed by atoms with Crippen LogP contribution < -0.4 is 0 Å². The predicted octanol–water partition coefficient (Wildman–Crippen LogP) is 3.04. The molecule has 15 heavy (non-hydrogen) atoms. The third-order valence-corrected chi connectivity index (χ3v) is 1.92. The molecular weight excluding hydrogens is 188 g/mol. The van der Waals surface area contributed by atoms with Crippen molar-refractivity contribution in [3.8, 4) is 0 Å². The maximum absolute atomic E-state index is 11.3. The summed E-state index contributed by atoms with van der Waals surface area (Å²) in [5.74, 6) is -0.286. The van der Waals surface area contributed by atoms with Gasteiger partial charge in [-0.25, -0.2) is 4.79 Å². The van der Waals surface area contributed by atoms with Gasteiger partial charge in [-0.3, -0.25) is 0 Å². The van der Waals surface area contributed by atoms with Crippen molar-refractivity contribution in [3.05, 3.63) is 42.0 Å². The van der Waals surface area contributed by atoms with Gasteiger partial charge in [-0.1, -0.05) is 30.3 Å². The highest BCUT2D eigenvalue weighted by molar-refractivity contribution is 5.90. The molecule has 1 rings (SSSR count). The van der Waals surface area contributed by atoms with Crippen molar-refractivity contribution in [2.75, 3.05) is 0 Å². The number of hydrogen-bond acceptors (Lipinski definition) is 2. The third kappa shape index (κ3) is 3.98. The lowest BCUT2D eigenvalue weighted by atomic mass is 10.1. The van der Waals surface area contributed by atoms with Crippen LogP contribution in [0.5, 0.6) is 0 Å². The van der Waals surface area contributed by atoms with Crippen molar-refractivity contribution in [1.29, 1.82) is 0 Å². The van der Waals surface area contributed by atoms with E-state index in [2.05, 4.69) is 0 Å². The largest absolute Gasteiger partial charge is 0.460 e. The Hall–Kier alpha value is -1.57. The van der Waals surface area contributed by atoms with E-state index in [9.17, 15) is 4.79 Å². The molecule has 0 amide bonds. The number of ether oxygens (including phenoxy) is 1. The topological polar surface area (TPSA) is 26.3 Å². The second-order valence-corrected chi connectivity index (χ2v) is 3.68. The fourth-order valence-corrected chi connectivity index (χ4v) is 1.23. The molecule has 0 fully saturated rings. The van der Waals surface area contributed by atoms with Crippen molar-refractivity contribution in [1.82, 2.24) is 0 Å². The number of rotatable bonds is 3. The molecule has 80 valence electrons. The van der Waals surface area contributed by atoms with Crippen LogP contribution in [-0.2, 0) is 9.53 Å². The van der Waals surface area contributed by atoms with Crippen molar-refractivity contribution < 1.29 is 9.53 Å². The normalized spacial score (nSPS) is 11.6. The van der Waals surface area contributed by atoms with Crippen LogP contribution in [0, 0.1) is 0 Å². The van der Waals surface area contributed by atoms with Gasteiger partial charge in [0.25, 0.3) is 0 Å². The number of carbonyl (C=O) groups is 1. The number of benzene rings is 1. The van der Waals surface area contributed by atoms with E-state index in [0.717, 1.165) is 11.1 Å². The first-order valence-corrected chi connectivity index (χ1v) is 5.04. The van der Waals surface area contributed by atoms with Crippen LogP contribution in [0.3, 0.4) is 0 Å². The van der Waals surface area contributed by atoms with Gasteiger partial charge in [0, 0.05) is 6.08 Å². The number of hydrogen-bond donors (Lipinski definition) is 0. The predicted molar refractivity (Wildman–Crippen MR) is 61.3 cm³/mol. The Labute approximate surface area is 90.6 Å². The van der Waals surface area contributed by atoms with Gasteiger partial charge in [0.2, 0.25) is 0 Å². The van der Waals surface area contributed by atoms with Crippen LogP contribution in [0.1, 0.15) is 26.3 Å². The van der Waals surface area contributed by atoms with E-state index in [4.69, 9.17) is 4.74 Å². The summed E-state index contributed by atoms with van der Waals surface area (Å²) in [5.41, 5.74) is 1.96. The Morgan fingerprint density at radius 3 is 2.40 bits per heavy atom. The van der Waals surface area contributed by atoms with Crippen molar-refractivity contribution >= 4 is 11.5 Å². The average molecular weight is 204 g/mol. The van der Waals surface area contributed by atoms with Gasteiger partial charge in [0.15, 0.2) is 0 Å². The number of esters is 1. The lowest BCUT2D eigenvalue weighted by Crippen LogP contribution is -2.08. The maximum atomic E-state index is 11.3. The molecule has 0 N–H and O–H groups in total. The van der Waals surface area contributed by atoms with E-state index in [-0.39, 0.29) is 12.1 Å². The van der Waals surface area contributed by atoms with Gasteiger partial charge in [0.05, 0.1) is 6.10 Å². The summed E-state index contributed by atoms with van der Waals surface area (Å²) < 4.78 is 5.03. The second kappa shape index (κ2) is 5.35. The molecule has 2 nitrogen and oxygen atoms in total. The second-order valence-electron chi connectivity index (χ2n) is 3.68. The molecular formula is C13H16O2. The average Bonchev–Trinajstić information content (AvgIpc) is 2.17. The molecule has 0 aliphatic carbocycles. The maximum Gasteiger partial charge on any atom is 0.331 e. The summed E-state index contributed by atoms with van der Waals surface area (Å²) >= 11 is 0. The first kappa shape index (κ1) is 11.5. The van der Waals surface area contributed by atoms with Crippen molar-refractivity contribution in [3.63, 3.8) is 0 Å². The molecule has 1 aromatic carbocycles. The highest BCUT2D eigenvalue weighted by Crippen LogP contribution is 2.12. The molecule has 0 bridgehead atoms. The number of carbonyl (C=O) groups excluding carboxylic acids is 1. The molecule has 0 aliphatic heterocycles. The van der Waals surface area contributed by atoms with E-state index in [1.54, 1.807) is 0 Å². The van der Waals surface area contributed by atoms with E-state index in [1.165, 1.54) is 6.08 Å². The Bertz CT molecular complexity index is 350. The summed E-state index contributed by atoms with van der Waals surface area (Å²) in [7, 11) is 0. The summed E-state index contributed by atoms with van der Waals surface area (Å²) in [6.45, 7) is 5.57. The van der Waals surface area contributed by atoms with E-state index < -0.39 is 0 Å². The molecule has 0 saturated carbocycles. The Morgan fingerprint density at radius 2 is 1.87 bits per heavy atom. The van der Waals surface area contributed by atoms with E-state index in [1.807, 2.05) is 51.1 Å². The molecule has 0 aromatic heterocycles. The monoisotopic (exact) mass is 204 g/mol. The minimum atomic E-state index is -0.286. The molecule has 0 aliphatic rings. The summed E-state index contributed by atoms with van der Waals surface area (Å²) in [6.07, 6.45) is 1.45. The zero-order valence-electron chi connectivity index (χ0n) is 9.36. The Kier molecular flexibility index (Phi) is 4.10. The third-order valence-electron chi connectivity index (χ3n) is 1.92. The first-order valence-electron chi connectivity index (χ1n) is 5.04. The van der Waals surface area contributed by atoms with Crippen LogP contribution >= 0.6 is 0 Å². The van der Waals surface area contributed by atoms with Gasteiger partial charge < -0.3 is 4.74 Å². The van der Waals surface area contributed by atoms with Crippen molar-refractivity contribution in [2.45, 2.75) is 26.9 Å². The van der Waals surface area contributed by atoms with Gasteiger partial charge in [-0.05, 0) is 31.9 Å². The molecule has 0 heterocycles. The molecule has 0 radical (unpaired) electrons. The molecule has 1 aromatic rings. The zero-order valence-corrected chi connectivity index (χ0v) is 9.36. The first-order chi connectivity index (χ1) is 7.09. The fraction of sp³-hybridized carbons (Fsp3) is 0.308. The van der Waals surface area contributed by atoms with Crippen molar-refractivity contribution in [2.24, 2.45) is 0 Å². The summed E-state index contributed by atoms with van der Waals surface area (Å²) in [6, 6.07) is 9.77. The quantitative estimate of drug-likeness (QED) is 0.558.